The summed E-state index contributed by atoms with van der Waals surface area (Å²) in [4.78, 5) is 6.21. The van der Waals surface area contributed by atoms with E-state index in [1.807, 2.05) is 11.3 Å². The molecule has 1 fully saturated rings. The number of ether oxygens (including phenoxy) is 1. The van der Waals surface area contributed by atoms with Crippen LogP contribution in [-0.2, 0) is 24.1 Å². The number of fused-ring (bicyclic) bond motifs is 1. The number of aromatic nitrogens is 1. The molecule has 1 aromatic rings. The fourth-order valence-electron chi connectivity index (χ4n) is 2.45. The third-order valence-corrected chi connectivity index (χ3v) is 4.53. The molecule has 1 atom stereocenters. The molecule has 88 valence electrons. The summed E-state index contributed by atoms with van der Waals surface area (Å²) in [6.45, 7) is 3.89. The minimum atomic E-state index is 0.715. The minimum Gasteiger partial charge on any atom is -0.381 e. The number of aryl methyl sites for hydroxylation is 2. The molecule has 0 spiro atoms. The van der Waals surface area contributed by atoms with Crippen LogP contribution in [0.3, 0.4) is 0 Å². The van der Waals surface area contributed by atoms with Crippen molar-refractivity contribution in [3.05, 3.63) is 15.6 Å². The first-order chi connectivity index (χ1) is 7.92. The predicted octanol–water partition coefficient (Wildman–Crippen LogP) is 1.76. The van der Waals surface area contributed by atoms with Gasteiger partial charge in [-0.2, -0.15) is 0 Å². The monoisotopic (exact) mass is 238 g/mol. The van der Waals surface area contributed by atoms with E-state index in [2.05, 4.69) is 10.3 Å². The summed E-state index contributed by atoms with van der Waals surface area (Å²) in [5, 5.41) is 4.77. The first-order valence-corrected chi connectivity index (χ1v) is 6.99. The lowest BCUT2D eigenvalue weighted by atomic mass is 10.1. The first kappa shape index (κ1) is 10.7. The van der Waals surface area contributed by atoms with Crippen LogP contribution in [0.2, 0.25) is 0 Å². The van der Waals surface area contributed by atoms with E-state index in [-0.39, 0.29) is 0 Å². The molecular weight excluding hydrogens is 220 g/mol. The Balaban J connectivity index is 1.47. The molecule has 0 aromatic carbocycles. The molecule has 1 aliphatic heterocycles. The van der Waals surface area contributed by atoms with Gasteiger partial charge >= 0.3 is 0 Å². The molecule has 0 amide bonds. The van der Waals surface area contributed by atoms with Crippen molar-refractivity contribution in [2.24, 2.45) is 5.92 Å². The fourth-order valence-corrected chi connectivity index (χ4v) is 3.57. The maximum absolute atomic E-state index is 5.36. The standard InChI is InChI=1S/C12H18N2OS/c1-2-10-11(3-1)16-12(14-10)7-13-6-9-4-5-15-8-9/h9,13H,1-8H2. The van der Waals surface area contributed by atoms with Gasteiger partial charge in [-0.05, 0) is 31.6 Å². The van der Waals surface area contributed by atoms with Crippen LogP contribution < -0.4 is 5.32 Å². The summed E-state index contributed by atoms with van der Waals surface area (Å²) in [5.41, 5.74) is 1.37. The second kappa shape index (κ2) is 4.82. The van der Waals surface area contributed by atoms with Crippen molar-refractivity contribution in [1.29, 1.82) is 0 Å². The highest BCUT2D eigenvalue weighted by Gasteiger charge is 2.17. The molecule has 0 bridgehead atoms. The second-order valence-corrected chi connectivity index (χ2v) is 5.86. The lowest BCUT2D eigenvalue weighted by Crippen LogP contribution is -2.22. The van der Waals surface area contributed by atoms with E-state index >= 15 is 0 Å². The summed E-state index contributed by atoms with van der Waals surface area (Å²) < 4.78 is 5.36. The molecule has 16 heavy (non-hydrogen) atoms. The van der Waals surface area contributed by atoms with E-state index in [1.165, 1.54) is 41.3 Å². The summed E-state index contributed by atoms with van der Waals surface area (Å²) in [7, 11) is 0. The van der Waals surface area contributed by atoms with Crippen molar-refractivity contribution >= 4 is 11.3 Å². The topological polar surface area (TPSA) is 34.2 Å². The van der Waals surface area contributed by atoms with Crippen LogP contribution in [0.25, 0.3) is 0 Å². The lowest BCUT2D eigenvalue weighted by Gasteiger charge is -2.07. The Kier molecular flexibility index (Phi) is 3.22. The molecule has 1 aromatic heterocycles. The van der Waals surface area contributed by atoms with E-state index in [1.54, 1.807) is 0 Å². The summed E-state index contributed by atoms with van der Waals surface area (Å²) in [6, 6.07) is 0. The average molecular weight is 238 g/mol. The Morgan fingerprint density at radius 1 is 1.44 bits per heavy atom. The molecule has 3 rings (SSSR count). The molecule has 2 aliphatic rings. The molecule has 4 heteroatoms. The number of hydrogen-bond donors (Lipinski definition) is 1. The highest BCUT2D eigenvalue weighted by atomic mass is 32.1. The van der Waals surface area contributed by atoms with Gasteiger partial charge in [0.05, 0.1) is 12.3 Å². The summed E-state index contributed by atoms with van der Waals surface area (Å²) in [5.74, 6) is 0.715. The largest absolute Gasteiger partial charge is 0.381 e. The van der Waals surface area contributed by atoms with Crippen molar-refractivity contribution in [2.75, 3.05) is 19.8 Å². The maximum atomic E-state index is 5.36. The number of rotatable bonds is 4. The van der Waals surface area contributed by atoms with Crippen LogP contribution in [-0.4, -0.2) is 24.7 Å². The zero-order valence-electron chi connectivity index (χ0n) is 9.50. The van der Waals surface area contributed by atoms with Crippen LogP contribution in [0.1, 0.15) is 28.4 Å². The Bertz CT molecular complexity index is 336. The zero-order chi connectivity index (χ0) is 10.8. The van der Waals surface area contributed by atoms with E-state index in [0.29, 0.717) is 5.92 Å². The highest BCUT2D eigenvalue weighted by Crippen LogP contribution is 2.27. The van der Waals surface area contributed by atoms with Gasteiger partial charge in [-0.25, -0.2) is 4.98 Å². The van der Waals surface area contributed by atoms with E-state index < -0.39 is 0 Å². The van der Waals surface area contributed by atoms with Crippen molar-refractivity contribution in [3.8, 4) is 0 Å². The van der Waals surface area contributed by atoms with Gasteiger partial charge in [0.25, 0.3) is 0 Å². The van der Waals surface area contributed by atoms with Gasteiger partial charge in [-0.15, -0.1) is 11.3 Å². The van der Waals surface area contributed by atoms with Gasteiger partial charge in [0.1, 0.15) is 5.01 Å². The van der Waals surface area contributed by atoms with Crippen molar-refractivity contribution in [1.82, 2.24) is 10.3 Å². The molecule has 2 heterocycles. The van der Waals surface area contributed by atoms with Crippen LogP contribution in [0, 0.1) is 5.92 Å². The third-order valence-electron chi connectivity index (χ3n) is 3.37. The highest BCUT2D eigenvalue weighted by molar-refractivity contribution is 7.11. The van der Waals surface area contributed by atoms with Gasteiger partial charge < -0.3 is 10.1 Å². The van der Waals surface area contributed by atoms with E-state index in [0.717, 1.165) is 26.3 Å². The normalized spacial score (nSPS) is 23.9. The molecular formula is C12H18N2OS. The molecule has 3 nitrogen and oxygen atoms in total. The van der Waals surface area contributed by atoms with Crippen LogP contribution in [0.15, 0.2) is 0 Å². The van der Waals surface area contributed by atoms with Gasteiger partial charge in [0.15, 0.2) is 0 Å². The van der Waals surface area contributed by atoms with E-state index in [9.17, 15) is 0 Å². The molecule has 1 unspecified atom stereocenters. The average Bonchev–Trinajstić information content (AvgIpc) is 2.91. The number of nitrogens with one attached hydrogen (secondary N) is 1. The fraction of sp³-hybridized carbons (Fsp3) is 0.750. The van der Waals surface area contributed by atoms with Crippen LogP contribution in [0.5, 0.6) is 0 Å². The smallest absolute Gasteiger partial charge is 0.107 e. The Morgan fingerprint density at radius 2 is 2.44 bits per heavy atom. The van der Waals surface area contributed by atoms with Crippen molar-refractivity contribution in [3.63, 3.8) is 0 Å². The molecule has 0 radical (unpaired) electrons. The SMILES string of the molecule is C1Cc2nc(CNCC3CCOC3)sc2C1. The quantitative estimate of drug-likeness (QED) is 0.868. The molecule has 1 saturated heterocycles. The third kappa shape index (κ3) is 2.29. The summed E-state index contributed by atoms with van der Waals surface area (Å²) >= 11 is 1.90. The first-order valence-electron chi connectivity index (χ1n) is 6.18. The van der Waals surface area contributed by atoms with Gasteiger partial charge in [-0.3, -0.25) is 0 Å². The van der Waals surface area contributed by atoms with Crippen LogP contribution in [0.4, 0.5) is 0 Å². The van der Waals surface area contributed by atoms with Gasteiger partial charge in [-0.1, -0.05) is 0 Å². The van der Waals surface area contributed by atoms with Crippen molar-refractivity contribution in [2.45, 2.75) is 32.2 Å². The predicted molar refractivity (Wildman–Crippen MR) is 64.8 cm³/mol. The van der Waals surface area contributed by atoms with Gasteiger partial charge in [0.2, 0.25) is 0 Å². The zero-order valence-corrected chi connectivity index (χ0v) is 10.3. The number of thiazole rings is 1. The number of hydrogen-bond acceptors (Lipinski definition) is 4. The molecule has 1 N–H and O–H groups in total. The van der Waals surface area contributed by atoms with Crippen molar-refractivity contribution < 1.29 is 4.74 Å². The lowest BCUT2D eigenvalue weighted by molar-refractivity contribution is 0.185. The van der Waals surface area contributed by atoms with Gasteiger partial charge in [0, 0.05) is 24.6 Å². The van der Waals surface area contributed by atoms with Crippen LogP contribution >= 0.6 is 11.3 Å². The minimum absolute atomic E-state index is 0.715. The molecule has 0 saturated carbocycles. The number of nitrogens with zero attached hydrogens (tertiary/aromatic N) is 1. The van der Waals surface area contributed by atoms with E-state index in [4.69, 9.17) is 4.74 Å². The second-order valence-electron chi connectivity index (χ2n) is 4.69. The Labute approximate surface area is 100 Å². The Hall–Kier alpha value is -0.450. The molecule has 1 aliphatic carbocycles. The maximum Gasteiger partial charge on any atom is 0.107 e. The summed E-state index contributed by atoms with van der Waals surface area (Å²) in [6.07, 6.45) is 4.97. The Morgan fingerprint density at radius 3 is 3.25 bits per heavy atom.